The summed E-state index contributed by atoms with van der Waals surface area (Å²) in [6, 6.07) is 1.91. The van der Waals surface area contributed by atoms with Crippen molar-refractivity contribution in [2.75, 3.05) is 0 Å². The number of halogens is 1. The van der Waals surface area contributed by atoms with E-state index in [9.17, 15) is 8.42 Å². The lowest BCUT2D eigenvalue weighted by atomic mass is 10.3. The van der Waals surface area contributed by atoms with Crippen LogP contribution in [0.1, 0.15) is 5.69 Å². The molecule has 0 radical (unpaired) electrons. The predicted molar refractivity (Wildman–Crippen MR) is 62.2 cm³/mol. The van der Waals surface area contributed by atoms with E-state index in [4.69, 9.17) is 10.7 Å². The van der Waals surface area contributed by atoms with E-state index in [1.165, 1.54) is 12.4 Å². The van der Waals surface area contributed by atoms with Crippen molar-refractivity contribution in [3.63, 3.8) is 0 Å². The normalized spacial score (nSPS) is 11.9. The minimum atomic E-state index is -3.69. The molecular formula is C9H11ClN4O2S. The first-order valence-corrected chi connectivity index (χ1v) is 7.22. The molecule has 0 aliphatic carbocycles. The maximum Gasteiger partial charge on any atom is 0.264 e. The minimum absolute atomic E-state index is 0.0178. The summed E-state index contributed by atoms with van der Waals surface area (Å²) < 4.78 is 25.4. The maximum absolute atomic E-state index is 11.0. The van der Waals surface area contributed by atoms with Gasteiger partial charge in [0.05, 0.1) is 6.20 Å². The van der Waals surface area contributed by atoms with Crippen LogP contribution in [0.25, 0.3) is 0 Å². The van der Waals surface area contributed by atoms with Crippen molar-refractivity contribution in [1.29, 1.82) is 0 Å². The van der Waals surface area contributed by atoms with Crippen molar-refractivity contribution in [3.05, 3.63) is 30.4 Å². The highest BCUT2D eigenvalue weighted by Crippen LogP contribution is 2.13. The van der Waals surface area contributed by atoms with Crippen LogP contribution >= 0.6 is 10.7 Å². The SMILES string of the molecule is Cn1nccc1CCn1cc(S(=O)(=O)Cl)cn1. The Morgan fingerprint density at radius 2 is 2.18 bits per heavy atom. The molecule has 2 heterocycles. The third-order valence-electron chi connectivity index (χ3n) is 2.41. The molecule has 0 spiro atoms. The fourth-order valence-electron chi connectivity index (χ4n) is 1.47. The van der Waals surface area contributed by atoms with Crippen LogP contribution in [0.5, 0.6) is 0 Å². The first-order valence-electron chi connectivity index (χ1n) is 4.91. The average Bonchev–Trinajstić information content (AvgIpc) is 2.82. The Morgan fingerprint density at radius 1 is 1.41 bits per heavy atom. The molecule has 0 fully saturated rings. The van der Waals surface area contributed by atoms with Gasteiger partial charge in [0, 0.05) is 48.8 Å². The van der Waals surface area contributed by atoms with Crippen molar-refractivity contribution in [1.82, 2.24) is 19.6 Å². The van der Waals surface area contributed by atoms with Gasteiger partial charge in [-0.25, -0.2) is 8.42 Å². The molecule has 8 heteroatoms. The van der Waals surface area contributed by atoms with Gasteiger partial charge in [-0.15, -0.1) is 0 Å². The summed E-state index contributed by atoms with van der Waals surface area (Å²) in [4.78, 5) is 0.0178. The fraction of sp³-hybridized carbons (Fsp3) is 0.333. The average molecular weight is 275 g/mol. The highest BCUT2D eigenvalue weighted by atomic mass is 35.7. The van der Waals surface area contributed by atoms with Gasteiger partial charge in [-0.1, -0.05) is 0 Å². The van der Waals surface area contributed by atoms with Crippen LogP contribution in [0, 0.1) is 0 Å². The lowest BCUT2D eigenvalue weighted by Gasteiger charge is -2.01. The van der Waals surface area contributed by atoms with E-state index < -0.39 is 9.05 Å². The Labute approximate surface area is 103 Å². The Bertz CT molecular complexity index is 616. The standard InChI is InChI=1S/C9H11ClN4O2S/c1-13-8(2-4-11-13)3-5-14-7-9(6-12-14)17(10,15)16/h2,4,6-7H,3,5H2,1H3. The van der Waals surface area contributed by atoms with Crippen molar-refractivity contribution < 1.29 is 8.42 Å². The van der Waals surface area contributed by atoms with Gasteiger partial charge >= 0.3 is 0 Å². The predicted octanol–water partition coefficient (Wildman–Crippen LogP) is 0.787. The Balaban J connectivity index is 2.06. The number of hydrogen-bond donors (Lipinski definition) is 0. The minimum Gasteiger partial charge on any atom is -0.273 e. The van der Waals surface area contributed by atoms with Crippen molar-refractivity contribution >= 4 is 19.7 Å². The van der Waals surface area contributed by atoms with Gasteiger partial charge in [0.25, 0.3) is 9.05 Å². The second-order valence-corrected chi connectivity index (χ2v) is 6.14. The Kier molecular flexibility index (Phi) is 3.21. The van der Waals surface area contributed by atoms with Gasteiger partial charge in [-0.05, 0) is 6.07 Å². The Hall–Kier alpha value is -1.34. The molecule has 0 amide bonds. The van der Waals surface area contributed by atoms with E-state index in [0.29, 0.717) is 6.54 Å². The van der Waals surface area contributed by atoms with E-state index in [1.54, 1.807) is 15.6 Å². The molecule has 17 heavy (non-hydrogen) atoms. The van der Waals surface area contributed by atoms with Crippen LogP contribution < -0.4 is 0 Å². The third kappa shape index (κ3) is 2.86. The molecule has 92 valence electrons. The van der Waals surface area contributed by atoms with Gasteiger partial charge in [-0.2, -0.15) is 10.2 Å². The molecule has 0 aromatic carbocycles. The van der Waals surface area contributed by atoms with Crippen molar-refractivity contribution in [2.24, 2.45) is 7.05 Å². The second-order valence-electron chi connectivity index (χ2n) is 3.57. The summed E-state index contributed by atoms with van der Waals surface area (Å²) >= 11 is 0. The zero-order valence-electron chi connectivity index (χ0n) is 9.12. The van der Waals surface area contributed by atoms with Crippen LogP contribution in [0.15, 0.2) is 29.6 Å². The molecule has 0 atom stereocenters. The van der Waals surface area contributed by atoms with Gasteiger partial charge < -0.3 is 0 Å². The molecule has 2 aromatic rings. The lowest BCUT2D eigenvalue weighted by Crippen LogP contribution is -2.05. The molecule has 0 aliphatic heterocycles. The van der Waals surface area contributed by atoms with Gasteiger partial charge in [-0.3, -0.25) is 9.36 Å². The first-order chi connectivity index (χ1) is 7.97. The summed E-state index contributed by atoms with van der Waals surface area (Å²) in [6.07, 6.45) is 5.09. The van der Waals surface area contributed by atoms with Crippen LogP contribution in [-0.2, 0) is 29.1 Å². The maximum atomic E-state index is 11.0. The van der Waals surface area contributed by atoms with Crippen LogP contribution in [-0.4, -0.2) is 28.0 Å². The monoisotopic (exact) mass is 274 g/mol. The summed E-state index contributed by atoms with van der Waals surface area (Å²) in [5, 5.41) is 7.98. The quantitative estimate of drug-likeness (QED) is 0.773. The molecular weight excluding hydrogens is 264 g/mol. The molecule has 0 saturated carbocycles. The zero-order chi connectivity index (χ0) is 12.5. The zero-order valence-corrected chi connectivity index (χ0v) is 10.7. The summed E-state index contributed by atoms with van der Waals surface area (Å²) in [7, 11) is 3.36. The summed E-state index contributed by atoms with van der Waals surface area (Å²) in [5.74, 6) is 0. The summed E-state index contributed by atoms with van der Waals surface area (Å²) in [5.41, 5.74) is 1.05. The largest absolute Gasteiger partial charge is 0.273 e. The number of aromatic nitrogens is 4. The number of rotatable bonds is 4. The number of hydrogen-bond acceptors (Lipinski definition) is 4. The first kappa shape index (κ1) is 12.1. The highest BCUT2D eigenvalue weighted by molar-refractivity contribution is 8.13. The van der Waals surface area contributed by atoms with Crippen LogP contribution in [0.4, 0.5) is 0 Å². The molecule has 0 saturated heterocycles. The third-order valence-corrected chi connectivity index (χ3v) is 3.72. The molecule has 0 aliphatic rings. The smallest absolute Gasteiger partial charge is 0.264 e. The number of aryl methyl sites for hydroxylation is 3. The van der Waals surface area contributed by atoms with Crippen LogP contribution in [0.3, 0.4) is 0 Å². The van der Waals surface area contributed by atoms with Crippen LogP contribution in [0.2, 0.25) is 0 Å². The van der Waals surface area contributed by atoms with Gasteiger partial charge in [0.1, 0.15) is 4.90 Å². The van der Waals surface area contributed by atoms with E-state index in [2.05, 4.69) is 10.2 Å². The van der Waals surface area contributed by atoms with Gasteiger partial charge in [0.2, 0.25) is 0 Å². The van der Waals surface area contributed by atoms with E-state index >= 15 is 0 Å². The molecule has 2 rings (SSSR count). The van der Waals surface area contributed by atoms with Crippen molar-refractivity contribution in [3.8, 4) is 0 Å². The summed E-state index contributed by atoms with van der Waals surface area (Å²) in [6.45, 7) is 0.575. The second kappa shape index (κ2) is 4.50. The topological polar surface area (TPSA) is 69.8 Å². The van der Waals surface area contributed by atoms with E-state index in [-0.39, 0.29) is 4.90 Å². The molecule has 0 N–H and O–H groups in total. The highest BCUT2D eigenvalue weighted by Gasteiger charge is 2.12. The van der Waals surface area contributed by atoms with E-state index in [0.717, 1.165) is 12.1 Å². The number of nitrogens with zero attached hydrogens (tertiary/aromatic N) is 4. The Morgan fingerprint density at radius 3 is 2.71 bits per heavy atom. The molecule has 0 bridgehead atoms. The van der Waals surface area contributed by atoms with E-state index in [1.807, 2.05) is 13.1 Å². The molecule has 6 nitrogen and oxygen atoms in total. The lowest BCUT2D eigenvalue weighted by molar-refractivity contribution is 0.584. The van der Waals surface area contributed by atoms with Gasteiger partial charge in [0.15, 0.2) is 0 Å². The molecule has 2 aromatic heterocycles. The van der Waals surface area contributed by atoms with Crippen molar-refractivity contribution in [2.45, 2.75) is 17.9 Å². The molecule has 0 unspecified atom stereocenters. The fourth-order valence-corrected chi connectivity index (χ4v) is 2.13.